The van der Waals surface area contributed by atoms with Crippen LogP contribution < -0.4 is 10.5 Å². The van der Waals surface area contributed by atoms with Gasteiger partial charge >= 0.3 is 0 Å². The average molecular weight is 300 g/mol. The van der Waals surface area contributed by atoms with Crippen LogP contribution in [-0.2, 0) is 13.2 Å². The minimum atomic E-state index is -0.315. The average Bonchev–Trinajstić information content (AvgIpc) is 2.40. The highest BCUT2D eigenvalue weighted by Crippen LogP contribution is 2.28. The Bertz CT molecular complexity index is 590. The SMILES string of the molecule is NCc1cc(F)ccc1COc1cc(Cl)ccc1Cl. The molecule has 2 N–H and O–H groups in total. The van der Waals surface area contributed by atoms with Crippen molar-refractivity contribution in [3.05, 3.63) is 63.4 Å². The molecule has 5 heteroatoms. The van der Waals surface area contributed by atoms with Crippen molar-refractivity contribution in [2.24, 2.45) is 5.73 Å². The molecule has 0 heterocycles. The molecule has 0 bridgehead atoms. The molecule has 0 aliphatic heterocycles. The Hall–Kier alpha value is -1.29. The minimum absolute atomic E-state index is 0.250. The lowest BCUT2D eigenvalue weighted by molar-refractivity contribution is 0.305. The van der Waals surface area contributed by atoms with E-state index in [9.17, 15) is 4.39 Å². The molecule has 0 spiro atoms. The molecule has 0 aromatic heterocycles. The summed E-state index contributed by atoms with van der Waals surface area (Å²) in [5, 5.41) is 1.01. The Kier molecular flexibility index (Phi) is 4.64. The van der Waals surface area contributed by atoms with Crippen LogP contribution in [0.1, 0.15) is 11.1 Å². The van der Waals surface area contributed by atoms with E-state index in [2.05, 4.69) is 0 Å². The maximum absolute atomic E-state index is 13.1. The molecule has 2 nitrogen and oxygen atoms in total. The molecule has 2 aromatic carbocycles. The predicted octanol–water partition coefficient (Wildman–Crippen LogP) is 4.17. The van der Waals surface area contributed by atoms with Crippen molar-refractivity contribution < 1.29 is 9.13 Å². The first kappa shape index (κ1) is 14.1. The van der Waals surface area contributed by atoms with Gasteiger partial charge in [0.2, 0.25) is 0 Å². The fourth-order valence-corrected chi connectivity index (χ4v) is 2.00. The Labute approximate surface area is 120 Å². The maximum atomic E-state index is 13.1. The second-order valence-electron chi connectivity index (χ2n) is 3.98. The lowest BCUT2D eigenvalue weighted by Crippen LogP contribution is -2.05. The van der Waals surface area contributed by atoms with E-state index in [4.69, 9.17) is 33.7 Å². The van der Waals surface area contributed by atoms with Gasteiger partial charge in [0.15, 0.2) is 0 Å². The Morgan fingerprint density at radius 2 is 1.84 bits per heavy atom. The number of rotatable bonds is 4. The highest BCUT2D eigenvalue weighted by atomic mass is 35.5. The monoisotopic (exact) mass is 299 g/mol. The van der Waals surface area contributed by atoms with Crippen molar-refractivity contribution in [3.63, 3.8) is 0 Å². The van der Waals surface area contributed by atoms with Gasteiger partial charge in [-0.15, -0.1) is 0 Å². The molecule has 0 amide bonds. The standard InChI is InChI=1S/C14H12Cl2FNO/c15-11-2-4-13(16)14(6-11)19-8-9-1-3-12(17)5-10(9)7-18/h1-6H,7-8,18H2. The molecule has 0 radical (unpaired) electrons. The van der Waals surface area contributed by atoms with Gasteiger partial charge in [-0.1, -0.05) is 29.3 Å². The van der Waals surface area contributed by atoms with Gasteiger partial charge in [-0.3, -0.25) is 0 Å². The Morgan fingerprint density at radius 3 is 2.58 bits per heavy atom. The lowest BCUT2D eigenvalue weighted by Gasteiger charge is -2.11. The fraction of sp³-hybridized carbons (Fsp3) is 0.143. The largest absolute Gasteiger partial charge is 0.487 e. The van der Waals surface area contributed by atoms with Gasteiger partial charge in [0, 0.05) is 17.6 Å². The highest BCUT2D eigenvalue weighted by Gasteiger charge is 2.06. The lowest BCUT2D eigenvalue weighted by atomic mass is 10.1. The zero-order valence-electron chi connectivity index (χ0n) is 10.00. The second-order valence-corrected chi connectivity index (χ2v) is 4.82. The summed E-state index contributed by atoms with van der Waals surface area (Å²) in [4.78, 5) is 0. The summed E-state index contributed by atoms with van der Waals surface area (Å²) in [7, 11) is 0. The molecular weight excluding hydrogens is 288 g/mol. The van der Waals surface area contributed by atoms with E-state index in [1.54, 1.807) is 24.3 Å². The van der Waals surface area contributed by atoms with Gasteiger partial charge in [0.25, 0.3) is 0 Å². The van der Waals surface area contributed by atoms with Gasteiger partial charge in [0.05, 0.1) is 5.02 Å². The number of nitrogens with two attached hydrogens (primary N) is 1. The summed E-state index contributed by atoms with van der Waals surface area (Å²) in [6.07, 6.45) is 0. The number of hydrogen-bond acceptors (Lipinski definition) is 2. The molecular formula is C14H12Cl2FNO. The van der Waals surface area contributed by atoms with Gasteiger partial charge in [0.1, 0.15) is 18.2 Å². The number of benzene rings is 2. The summed E-state index contributed by atoms with van der Waals surface area (Å²) < 4.78 is 18.7. The molecule has 2 rings (SSSR count). The Morgan fingerprint density at radius 1 is 1.05 bits per heavy atom. The zero-order valence-corrected chi connectivity index (χ0v) is 11.5. The van der Waals surface area contributed by atoms with Crippen molar-refractivity contribution in [2.45, 2.75) is 13.2 Å². The first-order valence-electron chi connectivity index (χ1n) is 5.65. The summed E-state index contributed by atoms with van der Waals surface area (Å²) in [6.45, 7) is 0.507. The van der Waals surface area contributed by atoms with Gasteiger partial charge in [-0.25, -0.2) is 4.39 Å². The minimum Gasteiger partial charge on any atom is -0.487 e. The topological polar surface area (TPSA) is 35.2 Å². The van der Waals surface area contributed by atoms with E-state index in [1.807, 2.05) is 0 Å². The quantitative estimate of drug-likeness (QED) is 0.919. The van der Waals surface area contributed by atoms with Crippen molar-refractivity contribution in [2.75, 3.05) is 0 Å². The maximum Gasteiger partial charge on any atom is 0.139 e. The van der Waals surface area contributed by atoms with E-state index in [0.29, 0.717) is 21.4 Å². The third kappa shape index (κ3) is 3.60. The molecule has 0 atom stereocenters. The van der Waals surface area contributed by atoms with Crippen molar-refractivity contribution in [1.82, 2.24) is 0 Å². The van der Waals surface area contributed by atoms with Gasteiger partial charge in [-0.2, -0.15) is 0 Å². The summed E-state index contributed by atoms with van der Waals surface area (Å²) in [5.41, 5.74) is 7.10. The van der Waals surface area contributed by atoms with Crippen molar-refractivity contribution >= 4 is 23.2 Å². The van der Waals surface area contributed by atoms with E-state index >= 15 is 0 Å². The second kappa shape index (κ2) is 6.24. The first-order chi connectivity index (χ1) is 9.10. The molecule has 0 aliphatic rings. The summed E-state index contributed by atoms with van der Waals surface area (Å²) in [6, 6.07) is 9.40. The van der Waals surface area contributed by atoms with Crippen LogP contribution in [0.4, 0.5) is 4.39 Å². The third-order valence-electron chi connectivity index (χ3n) is 2.66. The van der Waals surface area contributed by atoms with Crippen molar-refractivity contribution in [3.8, 4) is 5.75 Å². The third-order valence-corrected chi connectivity index (χ3v) is 3.21. The van der Waals surface area contributed by atoms with Crippen LogP contribution in [0.3, 0.4) is 0 Å². The van der Waals surface area contributed by atoms with Gasteiger partial charge < -0.3 is 10.5 Å². The van der Waals surface area contributed by atoms with Crippen molar-refractivity contribution in [1.29, 1.82) is 0 Å². The number of halogens is 3. The molecule has 0 saturated heterocycles. The number of hydrogen-bond donors (Lipinski definition) is 1. The molecule has 0 aliphatic carbocycles. The molecule has 0 saturated carbocycles. The van der Waals surface area contributed by atoms with E-state index < -0.39 is 0 Å². The van der Waals surface area contributed by atoms with E-state index in [0.717, 1.165) is 5.56 Å². The highest BCUT2D eigenvalue weighted by molar-refractivity contribution is 6.34. The number of ether oxygens (including phenoxy) is 1. The van der Waals surface area contributed by atoms with E-state index in [-0.39, 0.29) is 19.0 Å². The molecule has 0 fully saturated rings. The smallest absolute Gasteiger partial charge is 0.139 e. The van der Waals surface area contributed by atoms with Crippen LogP contribution in [0.2, 0.25) is 10.0 Å². The van der Waals surface area contributed by atoms with Crippen LogP contribution in [-0.4, -0.2) is 0 Å². The fourth-order valence-electron chi connectivity index (χ4n) is 1.67. The van der Waals surface area contributed by atoms with Crippen LogP contribution in [0.25, 0.3) is 0 Å². The van der Waals surface area contributed by atoms with Gasteiger partial charge in [-0.05, 0) is 35.4 Å². The Balaban J connectivity index is 2.16. The van der Waals surface area contributed by atoms with E-state index in [1.165, 1.54) is 12.1 Å². The zero-order chi connectivity index (χ0) is 13.8. The molecule has 100 valence electrons. The molecule has 2 aromatic rings. The molecule has 19 heavy (non-hydrogen) atoms. The van der Waals surface area contributed by atoms with Crippen LogP contribution in [0.5, 0.6) is 5.75 Å². The van der Waals surface area contributed by atoms with Crippen LogP contribution >= 0.6 is 23.2 Å². The van der Waals surface area contributed by atoms with Crippen LogP contribution in [0, 0.1) is 5.82 Å². The predicted molar refractivity (Wildman–Crippen MR) is 75.1 cm³/mol. The summed E-state index contributed by atoms with van der Waals surface area (Å²) >= 11 is 11.9. The molecule has 0 unspecified atom stereocenters. The first-order valence-corrected chi connectivity index (χ1v) is 6.41. The normalized spacial score (nSPS) is 10.5. The summed E-state index contributed by atoms with van der Waals surface area (Å²) in [5.74, 6) is 0.173. The van der Waals surface area contributed by atoms with Crippen LogP contribution in [0.15, 0.2) is 36.4 Å².